The van der Waals surface area contributed by atoms with Gasteiger partial charge in [-0.3, -0.25) is 4.79 Å². The van der Waals surface area contributed by atoms with Crippen LogP contribution in [0.25, 0.3) is 0 Å². The van der Waals surface area contributed by atoms with Gasteiger partial charge in [0.05, 0.1) is 6.10 Å². The molecule has 2 aliphatic rings. The van der Waals surface area contributed by atoms with Crippen molar-refractivity contribution in [2.45, 2.75) is 57.8 Å². The molecule has 1 amide bonds. The van der Waals surface area contributed by atoms with Gasteiger partial charge >= 0.3 is 0 Å². The Labute approximate surface area is 131 Å². The zero-order valence-corrected chi connectivity index (χ0v) is 13.4. The molecular weight excluding hydrogens is 282 g/mol. The predicted molar refractivity (Wildman–Crippen MR) is 81.6 cm³/mol. The summed E-state index contributed by atoms with van der Waals surface area (Å²) in [5.41, 5.74) is 0.146. The van der Waals surface area contributed by atoms with Gasteiger partial charge in [-0.15, -0.1) is 0 Å². The van der Waals surface area contributed by atoms with E-state index in [0.717, 1.165) is 25.9 Å². The Morgan fingerprint density at radius 1 is 1.41 bits per heavy atom. The molecule has 2 saturated carbocycles. The van der Waals surface area contributed by atoms with Crippen LogP contribution in [0.5, 0.6) is 0 Å². The number of hydrogen-bond donors (Lipinski definition) is 1. The van der Waals surface area contributed by atoms with Gasteiger partial charge in [-0.25, -0.2) is 0 Å². The van der Waals surface area contributed by atoms with Gasteiger partial charge in [-0.1, -0.05) is 12.8 Å². The molecule has 0 unspecified atom stereocenters. The van der Waals surface area contributed by atoms with Crippen LogP contribution in [0.1, 0.15) is 55.3 Å². The van der Waals surface area contributed by atoms with Crippen LogP contribution in [0.4, 0.5) is 0 Å². The summed E-state index contributed by atoms with van der Waals surface area (Å²) < 4.78 is 16.4. The molecular formula is C17H25NO4. The third kappa shape index (κ3) is 2.68. The molecule has 0 radical (unpaired) electrons. The highest BCUT2D eigenvalue weighted by molar-refractivity contribution is 5.91. The number of amides is 1. The molecule has 0 aromatic carbocycles. The first-order valence-electron chi connectivity index (χ1n) is 8.19. The lowest BCUT2D eigenvalue weighted by molar-refractivity contribution is -0.127. The first kappa shape index (κ1) is 15.6. The van der Waals surface area contributed by atoms with E-state index in [4.69, 9.17) is 13.9 Å². The Bertz CT molecular complexity index is 518. The molecule has 1 aromatic heterocycles. The van der Waals surface area contributed by atoms with E-state index in [2.05, 4.69) is 5.32 Å². The van der Waals surface area contributed by atoms with Gasteiger partial charge < -0.3 is 19.2 Å². The van der Waals surface area contributed by atoms with Gasteiger partial charge in [-0.05, 0) is 38.3 Å². The van der Waals surface area contributed by atoms with Crippen molar-refractivity contribution in [3.8, 4) is 0 Å². The van der Waals surface area contributed by atoms with E-state index in [0.29, 0.717) is 24.2 Å². The van der Waals surface area contributed by atoms with Crippen LogP contribution < -0.4 is 5.32 Å². The van der Waals surface area contributed by atoms with Crippen LogP contribution in [-0.2, 0) is 16.1 Å². The minimum absolute atomic E-state index is 0.131. The fraction of sp³-hybridized carbons (Fsp3) is 0.706. The van der Waals surface area contributed by atoms with Crippen LogP contribution in [0.15, 0.2) is 16.5 Å². The van der Waals surface area contributed by atoms with Gasteiger partial charge in [-0.2, -0.15) is 0 Å². The average Bonchev–Trinajstić information content (AvgIpc) is 3.17. The normalized spacial score (nSPS) is 26.1. The Hall–Kier alpha value is -1.33. The van der Waals surface area contributed by atoms with Crippen LogP contribution in [0.3, 0.4) is 0 Å². The largest absolute Gasteiger partial charge is 0.453 e. The van der Waals surface area contributed by atoms with E-state index >= 15 is 0 Å². The van der Waals surface area contributed by atoms with Gasteiger partial charge in [0.15, 0.2) is 5.76 Å². The SMILES string of the molecule is CCO[C@@H]1C[C@@H](NC(=O)c2ccc(COC)o2)C12CCCC2. The number of furan rings is 1. The molecule has 2 fully saturated rings. The molecule has 5 heteroatoms. The molecule has 122 valence electrons. The summed E-state index contributed by atoms with van der Waals surface area (Å²) in [5, 5.41) is 3.16. The fourth-order valence-corrected chi connectivity index (χ4v) is 4.04. The van der Waals surface area contributed by atoms with Crippen molar-refractivity contribution in [3.63, 3.8) is 0 Å². The molecule has 0 saturated heterocycles. The smallest absolute Gasteiger partial charge is 0.287 e. The number of nitrogens with one attached hydrogen (secondary N) is 1. The zero-order valence-electron chi connectivity index (χ0n) is 13.4. The summed E-state index contributed by atoms with van der Waals surface area (Å²) in [5.74, 6) is 0.901. The third-order valence-corrected chi connectivity index (χ3v) is 5.16. The van der Waals surface area contributed by atoms with Crippen LogP contribution in [-0.4, -0.2) is 31.8 Å². The van der Waals surface area contributed by atoms with E-state index in [1.165, 1.54) is 12.8 Å². The summed E-state index contributed by atoms with van der Waals surface area (Å²) >= 11 is 0. The molecule has 22 heavy (non-hydrogen) atoms. The molecule has 0 bridgehead atoms. The average molecular weight is 307 g/mol. The van der Waals surface area contributed by atoms with Crippen molar-refractivity contribution in [3.05, 3.63) is 23.7 Å². The second kappa shape index (κ2) is 6.42. The maximum atomic E-state index is 12.4. The molecule has 1 heterocycles. The number of rotatable bonds is 6. The van der Waals surface area contributed by atoms with Crippen molar-refractivity contribution in [2.75, 3.05) is 13.7 Å². The van der Waals surface area contributed by atoms with Gasteiger partial charge in [0, 0.05) is 25.2 Å². The maximum Gasteiger partial charge on any atom is 0.287 e. The second-order valence-corrected chi connectivity index (χ2v) is 6.34. The van der Waals surface area contributed by atoms with Gasteiger partial charge in [0.1, 0.15) is 12.4 Å². The molecule has 5 nitrogen and oxygen atoms in total. The predicted octanol–water partition coefficient (Wildman–Crippen LogP) is 2.89. The molecule has 1 aromatic rings. The summed E-state index contributed by atoms with van der Waals surface area (Å²) in [6.07, 6.45) is 5.96. The Kier molecular flexibility index (Phi) is 4.54. The lowest BCUT2D eigenvalue weighted by Gasteiger charge is -2.53. The Morgan fingerprint density at radius 3 is 2.86 bits per heavy atom. The molecule has 3 rings (SSSR count). The van der Waals surface area contributed by atoms with Crippen molar-refractivity contribution >= 4 is 5.91 Å². The number of methoxy groups -OCH3 is 1. The van der Waals surface area contributed by atoms with Crippen LogP contribution in [0, 0.1) is 5.41 Å². The highest BCUT2D eigenvalue weighted by Gasteiger charge is 2.57. The minimum Gasteiger partial charge on any atom is -0.453 e. The first-order chi connectivity index (χ1) is 10.7. The number of hydrogen-bond acceptors (Lipinski definition) is 4. The lowest BCUT2D eigenvalue weighted by atomic mass is 9.60. The third-order valence-electron chi connectivity index (χ3n) is 5.16. The van der Waals surface area contributed by atoms with E-state index < -0.39 is 0 Å². The number of carbonyl (C=O) groups is 1. The van der Waals surface area contributed by atoms with E-state index in [1.807, 2.05) is 6.92 Å². The molecule has 2 atom stereocenters. The number of ether oxygens (including phenoxy) is 2. The summed E-state index contributed by atoms with van der Waals surface area (Å²) in [6.45, 7) is 3.16. The molecule has 1 N–H and O–H groups in total. The van der Waals surface area contributed by atoms with Gasteiger partial charge in [0.25, 0.3) is 5.91 Å². The Morgan fingerprint density at radius 2 is 2.18 bits per heavy atom. The summed E-state index contributed by atoms with van der Waals surface area (Å²) in [6, 6.07) is 3.70. The number of carbonyl (C=O) groups excluding carboxylic acids is 1. The molecule has 0 aliphatic heterocycles. The minimum atomic E-state index is -0.131. The van der Waals surface area contributed by atoms with Crippen LogP contribution in [0.2, 0.25) is 0 Å². The van der Waals surface area contributed by atoms with Crippen LogP contribution >= 0.6 is 0 Å². The highest BCUT2D eigenvalue weighted by Crippen LogP contribution is 2.54. The maximum absolute atomic E-state index is 12.4. The lowest BCUT2D eigenvalue weighted by Crippen LogP contribution is -2.63. The van der Waals surface area contributed by atoms with Crippen molar-refractivity contribution in [2.24, 2.45) is 5.41 Å². The molecule has 1 spiro atoms. The van der Waals surface area contributed by atoms with E-state index in [9.17, 15) is 4.79 Å². The van der Waals surface area contributed by atoms with Gasteiger partial charge in [0.2, 0.25) is 0 Å². The van der Waals surface area contributed by atoms with Crippen molar-refractivity contribution in [1.82, 2.24) is 5.32 Å². The quantitative estimate of drug-likeness (QED) is 0.878. The second-order valence-electron chi connectivity index (χ2n) is 6.34. The highest BCUT2D eigenvalue weighted by atomic mass is 16.5. The monoisotopic (exact) mass is 307 g/mol. The summed E-state index contributed by atoms with van der Waals surface area (Å²) in [7, 11) is 1.61. The Balaban J connectivity index is 1.63. The summed E-state index contributed by atoms with van der Waals surface area (Å²) in [4.78, 5) is 12.4. The zero-order chi connectivity index (χ0) is 15.6. The standard InChI is InChI=1S/C17H25NO4/c1-3-21-15-10-14(17(15)8-4-5-9-17)18-16(19)13-7-6-12(22-13)11-20-2/h6-7,14-15H,3-5,8-11H2,1-2H3,(H,18,19)/t14-,15-/m1/s1. The van der Waals surface area contributed by atoms with Crippen molar-refractivity contribution in [1.29, 1.82) is 0 Å². The van der Waals surface area contributed by atoms with E-state index in [-0.39, 0.29) is 17.4 Å². The van der Waals surface area contributed by atoms with Crippen molar-refractivity contribution < 1.29 is 18.7 Å². The first-order valence-corrected chi connectivity index (χ1v) is 8.19. The van der Waals surface area contributed by atoms with E-state index in [1.54, 1.807) is 19.2 Å². The molecule has 2 aliphatic carbocycles. The topological polar surface area (TPSA) is 60.7 Å². The fourth-order valence-electron chi connectivity index (χ4n) is 4.04.